The summed E-state index contributed by atoms with van der Waals surface area (Å²) >= 11 is 0. The van der Waals surface area contributed by atoms with E-state index in [1.54, 1.807) is 0 Å². The summed E-state index contributed by atoms with van der Waals surface area (Å²) in [6, 6.07) is 0. The molecule has 4 nitrogen and oxygen atoms in total. The zero-order chi connectivity index (χ0) is 11.1. The summed E-state index contributed by atoms with van der Waals surface area (Å²) in [5.41, 5.74) is 0.941. The molecule has 0 saturated heterocycles. The van der Waals surface area contributed by atoms with Crippen molar-refractivity contribution in [1.82, 2.24) is 5.16 Å². The van der Waals surface area contributed by atoms with Crippen LogP contribution >= 0.6 is 0 Å². The standard InChI is InChI=1S/C10H18N2O2/c1-9(2,3)7-8(10(4,5)6)12(13)14-11-7/h1-6H3. The van der Waals surface area contributed by atoms with Crippen molar-refractivity contribution in [1.29, 1.82) is 0 Å². The van der Waals surface area contributed by atoms with Gasteiger partial charge in [-0.15, -0.1) is 0 Å². The second-order valence-electron chi connectivity index (χ2n) is 5.63. The third-order valence-electron chi connectivity index (χ3n) is 2.03. The van der Waals surface area contributed by atoms with Gasteiger partial charge in [-0.05, 0) is 4.90 Å². The van der Waals surface area contributed by atoms with Gasteiger partial charge in [-0.2, -0.15) is 0 Å². The van der Waals surface area contributed by atoms with E-state index in [1.165, 1.54) is 0 Å². The molecular formula is C10H18N2O2. The Hall–Kier alpha value is -1.06. The molecule has 1 aromatic rings. The summed E-state index contributed by atoms with van der Waals surface area (Å²) in [6.07, 6.45) is 0. The lowest BCUT2D eigenvalue weighted by Crippen LogP contribution is -2.37. The third kappa shape index (κ3) is 1.89. The second kappa shape index (κ2) is 2.97. The van der Waals surface area contributed by atoms with Gasteiger partial charge >= 0.3 is 0 Å². The van der Waals surface area contributed by atoms with Crippen molar-refractivity contribution in [3.63, 3.8) is 0 Å². The van der Waals surface area contributed by atoms with Crippen LogP contribution in [-0.2, 0) is 10.8 Å². The van der Waals surface area contributed by atoms with E-state index in [0.717, 1.165) is 5.69 Å². The van der Waals surface area contributed by atoms with Crippen molar-refractivity contribution < 1.29 is 9.53 Å². The second-order valence-corrected chi connectivity index (χ2v) is 5.63. The molecule has 0 aliphatic heterocycles. The summed E-state index contributed by atoms with van der Waals surface area (Å²) in [5.74, 6) is 0. The van der Waals surface area contributed by atoms with Gasteiger partial charge in [-0.1, -0.05) is 41.5 Å². The molecule has 0 bridgehead atoms. The minimum Gasteiger partial charge on any atom is -0.359 e. The first kappa shape index (κ1) is 11.0. The van der Waals surface area contributed by atoms with Crippen LogP contribution in [0.25, 0.3) is 0 Å². The lowest BCUT2D eigenvalue weighted by molar-refractivity contribution is -0.810. The molecule has 80 valence electrons. The monoisotopic (exact) mass is 198 g/mol. The first-order valence-electron chi connectivity index (χ1n) is 4.74. The summed E-state index contributed by atoms with van der Waals surface area (Å²) in [4.78, 5) is 0.514. The quantitative estimate of drug-likeness (QED) is 0.598. The van der Waals surface area contributed by atoms with E-state index < -0.39 is 0 Å². The van der Waals surface area contributed by atoms with E-state index in [-0.39, 0.29) is 10.8 Å². The summed E-state index contributed by atoms with van der Waals surface area (Å²) in [7, 11) is 0. The number of hydrogen-bond donors (Lipinski definition) is 0. The van der Waals surface area contributed by atoms with Gasteiger partial charge in [0.2, 0.25) is 11.4 Å². The van der Waals surface area contributed by atoms with Gasteiger partial charge in [0, 0.05) is 16.0 Å². The lowest BCUT2D eigenvalue weighted by atomic mass is 9.82. The topological polar surface area (TPSA) is 53.0 Å². The van der Waals surface area contributed by atoms with Gasteiger partial charge in [-0.3, -0.25) is 4.63 Å². The van der Waals surface area contributed by atoms with Crippen LogP contribution < -0.4 is 4.90 Å². The van der Waals surface area contributed by atoms with Gasteiger partial charge < -0.3 is 5.21 Å². The molecule has 0 atom stereocenters. The van der Waals surface area contributed by atoms with Crippen LogP contribution in [0, 0.1) is 5.21 Å². The van der Waals surface area contributed by atoms with Crippen molar-refractivity contribution in [3.05, 3.63) is 16.6 Å². The Balaban J connectivity index is 3.35. The predicted molar refractivity (Wildman–Crippen MR) is 52.9 cm³/mol. The fourth-order valence-corrected chi connectivity index (χ4v) is 1.37. The Kier molecular flexibility index (Phi) is 2.34. The molecule has 0 radical (unpaired) electrons. The Labute approximate surface area is 84.4 Å². The zero-order valence-electron chi connectivity index (χ0n) is 9.71. The molecule has 4 heteroatoms. The molecule has 1 rings (SSSR count). The molecule has 0 saturated carbocycles. The normalized spacial score (nSPS) is 13.3. The van der Waals surface area contributed by atoms with Crippen molar-refractivity contribution in [3.8, 4) is 0 Å². The first-order valence-corrected chi connectivity index (χ1v) is 4.74. The molecule has 0 aromatic carbocycles. The van der Waals surface area contributed by atoms with Crippen LogP contribution in [0.4, 0.5) is 0 Å². The van der Waals surface area contributed by atoms with E-state index in [4.69, 9.17) is 0 Å². The Morgan fingerprint density at radius 2 is 1.57 bits per heavy atom. The molecule has 0 fully saturated rings. The highest BCUT2D eigenvalue weighted by atomic mass is 16.8. The third-order valence-corrected chi connectivity index (χ3v) is 2.03. The highest BCUT2D eigenvalue weighted by Crippen LogP contribution is 2.29. The average Bonchev–Trinajstić information content (AvgIpc) is 2.27. The van der Waals surface area contributed by atoms with Gasteiger partial charge in [0.1, 0.15) is 0 Å². The van der Waals surface area contributed by atoms with Crippen LogP contribution in [0.1, 0.15) is 52.9 Å². The number of aromatic nitrogens is 2. The van der Waals surface area contributed by atoms with Crippen molar-refractivity contribution in [2.24, 2.45) is 0 Å². The minimum absolute atomic E-state index is 0.165. The van der Waals surface area contributed by atoms with Crippen molar-refractivity contribution >= 4 is 0 Å². The summed E-state index contributed by atoms with van der Waals surface area (Å²) in [6.45, 7) is 12.0. The van der Waals surface area contributed by atoms with Gasteiger partial charge in [0.25, 0.3) is 0 Å². The van der Waals surface area contributed by atoms with Crippen LogP contribution in [-0.4, -0.2) is 5.16 Å². The molecule has 1 heterocycles. The van der Waals surface area contributed by atoms with Crippen LogP contribution in [0.3, 0.4) is 0 Å². The van der Waals surface area contributed by atoms with E-state index in [9.17, 15) is 5.21 Å². The maximum atomic E-state index is 11.4. The van der Waals surface area contributed by atoms with Crippen molar-refractivity contribution in [2.75, 3.05) is 0 Å². The molecule has 0 unspecified atom stereocenters. The van der Waals surface area contributed by atoms with Gasteiger partial charge in [-0.25, -0.2) is 0 Å². The molecule has 0 aliphatic rings. The fraction of sp³-hybridized carbons (Fsp3) is 0.800. The Morgan fingerprint density at radius 3 is 1.86 bits per heavy atom. The number of rotatable bonds is 0. The van der Waals surface area contributed by atoms with E-state index in [0.29, 0.717) is 10.6 Å². The highest BCUT2D eigenvalue weighted by Gasteiger charge is 2.37. The lowest BCUT2D eigenvalue weighted by Gasteiger charge is -2.19. The molecule has 0 amide bonds. The largest absolute Gasteiger partial charge is 0.359 e. The van der Waals surface area contributed by atoms with Crippen LogP contribution in [0.2, 0.25) is 0 Å². The summed E-state index contributed by atoms with van der Waals surface area (Å²) < 4.78 is 4.66. The predicted octanol–water partition coefficient (Wildman–Crippen LogP) is 1.90. The van der Waals surface area contributed by atoms with Crippen LogP contribution in [0.5, 0.6) is 0 Å². The first-order chi connectivity index (χ1) is 6.14. The van der Waals surface area contributed by atoms with Gasteiger partial charge in [0.05, 0.1) is 0 Å². The fourth-order valence-electron chi connectivity index (χ4n) is 1.37. The zero-order valence-corrected chi connectivity index (χ0v) is 9.71. The molecule has 14 heavy (non-hydrogen) atoms. The molecular weight excluding hydrogens is 180 g/mol. The average molecular weight is 198 g/mol. The van der Waals surface area contributed by atoms with E-state index in [1.807, 2.05) is 41.5 Å². The van der Waals surface area contributed by atoms with E-state index in [2.05, 4.69) is 9.79 Å². The van der Waals surface area contributed by atoms with Crippen molar-refractivity contribution in [2.45, 2.75) is 52.4 Å². The van der Waals surface area contributed by atoms with E-state index >= 15 is 0 Å². The maximum absolute atomic E-state index is 11.4. The molecule has 0 N–H and O–H groups in total. The SMILES string of the molecule is CC(C)(C)c1no[n+]([O-])c1C(C)(C)C. The number of hydrogen-bond acceptors (Lipinski definition) is 3. The minimum atomic E-state index is -0.246. The highest BCUT2D eigenvalue weighted by molar-refractivity contribution is 5.20. The van der Waals surface area contributed by atoms with Gasteiger partial charge in [0.15, 0.2) is 0 Å². The number of nitrogens with zero attached hydrogens (tertiary/aromatic N) is 2. The Morgan fingerprint density at radius 1 is 1.07 bits per heavy atom. The van der Waals surface area contributed by atoms with Crippen LogP contribution in [0.15, 0.2) is 4.63 Å². The summed E-state index contributed by atoms with van der Waals surface area (Å²) in [5, 5.41) is 15.2. The molecule has 0 aliphatic carbocycles. The maximum Gasteiger partial charge on any atom is 0.227 e. The Bertz CT molecular complexity index is 329. The molecule has 1 aromatic heterocycles. The smallest absolute Gasteiger partial charge is 0.227 e. The molecule has 0 spiro atoms.